The fourth-order valence-electron chi connectivity index (χ4n) is 1.14. The highest BCUT2D eigenvalue weighted by atomic mass is 32.2. The molecule has 2 N–H and O–H groups in total. The van der Waals surface area contributed by atoms with Crippen molar-refractivity contribution >= 4 is 15.7 Å². The molecule has 1 aromatic rings. The van der Waals surface area contributed by atoms with Crippen LogP contribution in [-0.2, 0) is 10.0 Å². The molecule has 4 nitrogen and oxygen atoms in total. The van der Waals surface area contributed by atoms with Gasteiger partial charge in [0, 0.05) is 12.4 Å². The normalized spacial score (nSPS) is 15.0. The van der Waals surface area contributed by atoms with Crippen molar-refractivity contribution in [2.45, 2.75) is 23.3 Å². The van der Waals surface area contributed by atoms with E-state index in [1.165, 1.54) is 0 Å². The van der Waals surface area contributed by atoms with Crippen LogP contribution >= 0.6 is 0 Å². The first kappa shape index (κ1) is 18.4. The number of sulfonamides is 1. The molecule has 0 aliphatic rings. The van der Waals surface area contributed by atoms with E-state index in [2.05, 4.69) is 4.98 Å². The van der Waals surface area contributed by atoms with Gasteiger partial charge in [-0.25, -0.2) is 0 Å². The molecular formula is C8H5F9N2O2S. The third-order valence-corrected chi connectivity index (χ3v) is 3.74. The van der Waals surface area contributed by atoms with Crippen LogP contribution in [-0.4, -0.2) is 36.7 Å². The molecule has 14 heteroatoms. The van der Waals surface area contributed by atoms with Gasteiger partial charge in [-0.15, -0.1) is 0 Å². The fraction of sp³-hybridized carbons (Fsp3) is 0.500. The van der Waals surface area contributed by atoms with E-state index in [0.717, 1.165) is 17.0 Å². The number of aromatic nitrogens is 1. The van der Waals surface area contributed by atoms with Crippen molar-refractivity contribution < 1.29 is 47.9 Å². The highest BCUT2D eigenvalue weighted by Gasteiger charge is 2.85. The summed E-state index contributed by atoms with van der Waals surface area (Å²) in [7, 11) is -6.62. The molecule has 0 bridgehead atoms. The van der Waals surface area contributed by atoms with Gasteiger partial charge >= 0.3 is 33.3 Å². The van der Waals surface area contributed by atoms with Crippen LogP contribution in [0, 0.1) is 0 Å². The Labute approximate surface area is 116 Å². The summed E-state index contributed by atoms with van der Waals surface area (Å²) in [6, 6.07) is 0.730. The summed E-state index contributed by atoms with van der Waals surface area (Å²) in [5.74, 6) is -14.5. The third kappa shape index (κ3) is 2.59. The summed E-state index contributed by atoms with van der Waals surface area (Å²) in [6.45, 7) is 0. The summed E-state index contributed by atoms with van der Waals surface area (Å²) < 4.78 is 136. The predicted molar refractivity (Wildman–Crippen MR) is 54.2 cm³/mol. The van der Waals surface area contributed by atoms with Gasteiger partial charge in [-0.2, -0.15) is 47.9 Å². The van der Waals surface area contributed by atoms with Crippen LogP contribution in [0.5, 0.6) is 0 Å². The second kappa shape index (κ2) is 4.96. The molecule has 1 heterocycles. The zero-order valence-electron chi connectivity index (χ0n) is 9.86. The van der Waals surface area contributed by atoms with Gasteiger partial charge in [0.1, 0.15) is 0 Å². The lowest BCUT2D eigenvalue weighted by atomic mass is 10.1. The fourth-order valence-corrected chi connectivity index (χ4v) is 2.17. The van der Waals surface area contributed by atoms with Gasteiger partial charge in [0.2, 0.25) is 0 Å². The molecular weight excluding hydrogens is 359 g/mol. The number of H-pyrrole nitrogens is 1. The zero-order chi connectivity index (χ0) is 17.6. The Morgan fingerprint density at radius 1 is 0.909 bits per heavy atom. The number of halogens is 9. The predicted octanol–water partition coefficient (Wildman–Crippen LogP) is 3.18. The lowest BCUT2D eigenvalue weighted by molar-refractivity contribution is -0.382. The Balaban J connectivity index is 3.32. The van der Waals surface area contributed by atoms with Gasteiger partial charge in [-0.3, -0.25) is 4.72 Å². The van der Waals surface area contributed by atoms with E-state index in [1.54, 1.807) is 0 Å². The minimum atomic E-state index is -7.28. The van der Waals surface area contributed by atoms with Crippen LogP contribution in [0.1, 0.15) is 0 Å². The molecule has 0 saturated heterocycles. The molecule has 0 aliphatic carbocycles. The minimum Gasteiger partial charge on any atom is -0.366 e. The average molecular weight is 364 g/mol. The standard InChI is InChI=1S/C8H5F9N2O2S/c9-5(10,7(13,14)15)6(11,12)8(16,17)22(20,21)19-4-1-2-18-3-4/h1-3,18-19H. The Morgan fingerprint density at radius 3 is 1.77 bits per heavy atom. The summed E-state index contributed by atoms with van der Waals surface area (Å²) in [6.07, 6.45) is -5.49. The highest BCUT2D eigenvalue weighted by molar-refractivity contribution is 7.93. The second-order valence-corrected chi connectivity index (χ2v) is 5.59. The van der Waals surface area contributed by atoms with E-state index in [9.17, 15) is 47.9 Å². The molecule has 1 aromatic heterocycles. The molecule has 1 rings (SSSR count). The van der Waals surface area contributed by atoms with Crippen molar-refractivity contribution in [1.82, 2.24) is 4.98 Å². The number of hydrogen-bond acceptors (Lipinski definition) is 2. The van der Waals surface area contributed by atoms with Gasteiger partial charge in [0.05, 0.1) is 5.69 Å². The Kier molecular flexibility index (Phi) is 4.16. The summed E-state index contributed by atoms with van der Waals surface area (Å²) in [5, 5.41) is -6.75. The first-order chi connectivity index (χ1) is 9.58. The van der Waals surface area contributed by atoms with Gasteiger partial charge in [0.25, 0.3) is 0 Å². The number of nitrogens with one attached hydrogen (secondary N) is 2. The monoisotopic (exact) mass is 364 g/mol. The van der Waals surface area contributed by atoms with E-state index in [-0.39, 0.29) is 0 Å². The largest absolute Gasteiger partial charge is 0.460 e. The van der Waals surface area contributed by atoms with Gasteiger partial charge in [-0.1, -0.05) is 0 Å². The van der Waals surface area contributed by atoms with Crippen molar-refractivity contribution in [2.24, 2.45) is 0 Å². The van der Waals surface area contributed by atoms with Crippen LogP contribution in [0.15, 0.2) is 18.5 Å². The lowest BCUT2D eigenvalue weighted by Crippen LogP contribution is -2.64. The molecule has 128 valence electrons. The van der Waals surface area contributed by atoms with Crippen LogP contribution < -0.4 is 4.72 Å². The molecule has 0 fully saturated rings. The van der Waals surface area contributed by atoms with Crippen molar-refractivity contribution in [3.8, 4) is 0 Å². The molecule has 0 unspecified atom stereocenters. The van der Waals surface area contributed by atoms with E-state index in [1.807, 2.05) is 0 Å². The quantitative estimate of drug-likeness (QED) is 0.789. The first-order valence-electron chi connectivity index (χ1n) is 4.93. The Bertz CT molecular complexity index is 621. The lowest BCUT2D eigenvalue weighted by Gasteiger charge is -2.32. The van der Waals surface area contributed by atoms with E-state index in [4.69, 9.17) is 0 Å². The zero-order valence-corrected chi connectivity index (χ0v) is 10.7. The maximum absolute atomic E-state index is 13.2. The summed E-state index contributed by atoms with van der Waals surface area (Å²) in [4.78, 5) is 2.11. The molecule has 22 heavy (non-hydrogen) atoms. The Morgan fingerprint density at radius 2 is 1.41 bits per heavy atom. The maximum Gasteiger partial charge on any atom is 0.460 e. The number of aromatic amines is 1. The first-order valence-corrected chi connectivity index (χ1v) is 6.41. The van der Waals surface area contributed by atoms with Crippen molar-refractivity contribution in [2.75, 3.05) is 4.72 Å². The molecule has 0 aromatic carbocycles. The molecule has 0 amide bonds. The van der Waals surface area contributed by atoms with E-state index in [0.29, 0.717) is 6.20 Å². The molecule has 0 spiro atoms. The number of alkyl halides is 9. The van der Waals surface area contributed by atoms with Gasteiger partial charge in [0.15, 0.2) is 0 Å². The number of hydrogen-bond donors (Lipinski definition) is 2. The van der Waals surface area contributed by atoms with E-state index >= 15 is 0 Å². The van der Waals surface area contributed by atoms with Crippen LogP contribution in [0.25, 0.3) is 0 Å². The van der Waals surface area contributed by atoms with Gasteiger partial charge in [-0.05, 0) is 6.07 Å². The molecule has 0 saturated carbocycles. The van der Waals surface area contributed by atoms with Crippen LogP contribution in [0.3, 0.4) is 0 Å². The van der Waals surface area contributed by atoms with Gasteiger partial charge < -0.3 is 4.98 Å². The SMILES string of the molecule is O=S(=O)(Nc1cc[nH]c1)C(F)(F)C(F)(F)C(F)(F)C(F)(F)F. The maximum atomic E-state index is 13.2. The third-order valence-electron chi connectivity index (χ3n) is 2.30. The summed E-state index contributed by atoms with van der Waals surface area (Å²) >= 11 is 0. The minimum absolute atomic E-state index is 0.660. The second-order valence-electron chi connectivity index (χ2n) is 3.87. The van der Waals surface area contributed by atoms with Crippen molar-refractivity contribution in [3.05, 3.63) is 18.5 Å². The van der Waals surface area contributed by atoms with Crippen LogP contribution in [0.2, 0.25) is 0 Å². The topological polar surface area (TPSA) is 62.0 Å². The molecule has 0 atom stereocenters. The van der Waals surface area contributed by atoms with Crippen LogP contribution in [0.4, 0.5) is 45.2 Å². The van der Waals surface area contributed by atoms with Crippen molar-refractivity contribution in [3.63, 3.8) is 0 Å². The molecule has 0 aliphatic heterocycles. The van der Waals surface area contributed by atoms with E-state index < -0.39 is 39.0 Å². The number of anilines is 1. The smallest absolute Gasteiger partial charge is 0.366 e. The number of rotatable bonds is 5. The summed E-state index contributed by atoms with van der Waals surface area (Å²) in [5.41, 5.74) is -0.772. The van der Waals surface area contributed by atoms with Crippen molar-refractivity contribution in [1.29, 1.82) is 0 Å². The molecule has 0 radical (unpaired) electrons. The Hall–Kier alpha value is -1.60. The highest BCUT2D eigenvalue weighted by Crippen LogP contribution is 2.54. The average Bonchev–Trinajstić information content (AvgIpc) is 2.78.